The Balaban J connectivity index is 2.06. The second kappa shape index (κ2) is 6.47. The van der Waals surface area contributed by atoms with E-state index in [1.54, 1.807) is 22.8 Å². The van der Waals surface area contributed by atoms with Crippen LogP contribution >= 0.6 is 15.9 Å². The molecule has 3 heterocycles. The van der Waals surface area contributed by atoms with Crippen LogP contribution in [0.1, 0.15) is 17.4 Å². The van der Waals surface area contributed by atoms with Crippen LogP contribution < -0.4 is 5.32 Å². The molecule has 0 aromatic carbocycles. The SMILES string of the molecule is CCn1cc(Br)c(-c2ccnc3cc(C(=O)NCCO)nn23)n1. The zero-order valence-electron chi connectivity index (χ0n) is 12.4. The van der Waals surface area contributed by atoms with Crippen molar-refractivity contribution in [3.8, 4) is 11.4 Å². The number of aromatic nitrogens is 5. The van der Waals surface area contributed by atoms with Gasteiger partial charge >= 0.3 is 0 Å². The third-order valence-corrected chi connectivity index (χ3v) is 3.85. The van der Waals surface area contributed by atoms with Crippen molar-refractivity contribution in [1.29, 1.82) is 0 Å². The fourth-order valence-corrected chi connectivity index (χ4v) is 2.70. The molecule has 0 aliphatic heterocycles. The van der Waals surface area contributed by atoms with Crippen LogP contribution in [0.2, 0.25) is 0 Å². The van der Waals surface area contributed by atoms with Gasteiger partial charge in [-0.1, -0.05) is 0 Å². The molecule has 0 aliphatic carbocycles. The maximum atomic E-state index is 12.0. The fourth-order valence-electron chi connectivity index (χ4n) is 2.18. The van der Waals surface area contributed by atoms with Gasteiger partial charge in [0.05, 0.1) is 16.8 Å². The van der Waals surface area contributed by atoms with Crippen molar-refractivity contribution < 1.29 is 9.90 Å². The number of amides is 1. The first-order valence-electron chi connectivity index (χ1n) is 7.11. The van der Waals surface area contributed by atoms with Crippen molar-refractivity contribution >= 4 is 27.5 Å². The van der Waals surface area contributed by atoms with Crippen LogP contribution in [-0.2, 0) is 6.54 Å². The van der Waals surface area contributed by atoms with Crippen molar-refractivity contribution in [2.24, 2.45) is 0 Å². The number of fused-ring (bicyclic) bond motifs is 1. The Hall–Kier alpha value is -2.26. The first kappa shape index (κ1) is 15.6. The predicted molar refractivity (Wildman–Crippen MR) is 87.0 cm³/mol. The Kier molecular flexibility index (Phi) is 4.39. The van der Waals surface area contributed by atoms with E-state index < -0.39 is 0 Å². The number of nitrogens with one attached hydrogen (secondary N) is 1. The Labute approximate surface area is 140 Å². The fraction of sp³-hybridized carbons (Fsp3) is 0.286. The molecular weight excluding hydrogens is 364 g/mol. The molecule has 0 unspecified atom stereocenters. The van der Waals surface area contributed by atoms with E-state index in [9.17, 15) is 4.79 Å². The minimum Gasteiger partial charge on any atom is -0.395 e. The lowest BCUT2D eigenvalue weighted by Crippen LogP contribution is -2.26. The number of hydrogen-bond donors (Lipinski definition) is 2. The van der Waals surface area contributed by atoms with E-state index in [1.165, 1.54) is 0 Å². The molecule has 120 valence electrons. The lowest BCUT2D eigenvalue weighted by atomic mass is 10.3. The van der Waals surface area contributed by atoms with Gasteiger partial charge in [-0.05, 0) is 28.9 Å². The van der Waals surface area contributed by atoms with Crippen LogP contribution in [0.15, 0.2) is 29.0 Å². The largest absolute Gasteiger partial charge is 0.395 e. The highest BCUT2D eigenvalue weighted by atomic mass is 79.9. The summed E-state index contributed by atoms with van der Waals surface area (Å²) in [6.45, 7) is 2.81. The zero-order valence-corrected chi connectivity index (χ0v) is 14.0. The normalized spacial score (nSPS) is 11.1. The molecule has 0 fully saturated rings. The van der Waals surface area contributed by atoms with Crippen LogP contribution in [0.4, 0.5) is 0 Å². The minimum atomic E-state index is -0.353. The summed E-state index contributed by atoms with van der Waals surface area (Å²) >= 11 is 3.50. The van der Waals surface area contributed by atoms with Gasteiger partial charge in [0, 0.05) is 31.5 Å². The molecular formula is C14H15BrN6O2. The van der Waals surface area contributed by atoms with Crippen molar-refractivity contribution in [2.45, 2.75) is 13.5 Å². The predicted octanol–water partition coefficient (Wildman–Crippen LogP) is 1.10. The van der Waals surface area contributed by atoms with Crippen LogP contribution in [-0.4, -0.2) is 48.5 Å². The zero-order chi connectivity index (χ0) is 16.4. The van der Waals surface area contributed by atoms with Gasteiger partial charge in [-0.2, -0.15) is 10.2 Å². The summed E-state index contributed by atoms with van der Waals surface area (Å²) in [6, 6.07) is 3.39. The second-order valence-corrected chi connectivity index (χ2v) is 5.64. The summed E-state index contributed by atoms with van der Waals surface area (Å²) in [7, 11) is 0. The molecule has 0 aliphatic rings. The Morgan fingerprint density at radius 2 is 2.26 bits per heavy atom. The average molecular weight is 379 g/mol. The lowest BCUT2D eigenvalue weighted by Gasteiger charge is -2.02. The van der Waals surface area contributed by atoms with E-state index in [1.807, 2.05) is 17.8 Å². The number of rotatable bonds is 5. The Bertz CT molecular complexity index is 856. The first-order chi connectivity index (χ1) is 11.1. The number of carbonyl (C=O) groups excluding carboxylic acids is 1. The van der Waals surface area contributed by atoms with Crippen LogP contribution in [0.3, 0.4) is 0 Å². The maximum Gasteiger partial charge on any atom is 0.271 e. The van der Waals surface area contributed by atoms with Gasteiger partial charge < -0.3 is 10.4 Å². The van der Waals surface area contributed by atoms with E-state index in [-0.39, 0.29) is 24.8 Å². The number of aryl methyl sites for hydroxylation is 1. The molecule has 0 spiro atoms. The Morgan fingerprint density at radius 3 is 2.96 bits per heavy atom. The molecule has 8 nitrogen and oxygen atoms in total. The molecule has 0 saturated heterocycles. The van der Waals surface area contributed by atoms with E-state index in [2.05, 4.69) is 36.4 Å². The standard InChI is InChI=1S/C14H15BrN6O2/c1-2-20-8-9(15)13(19-20)11-3-4-16-12-7-10(18-21(11)12)14(23)17-5-6-22/h3-4,7-8,22H,2,5-6H2,1H3,(H,17,23). The monoisotopic (exact) mass is 378 g/mol. The summed E-state index contributed by atoms with van der Waals surface area (Å²) in [5, 5.41) is 20.2. The Morgan fingerprint density at radius 1 is 1.43 bits per heavy atom. The average Bonchev–Trinajstić information content (AvgIpc) is 3.15. The first-order valence-corrected chi connectivity index (χ1v) is 7.90. The number of halogens is 1. The van der Waals surface area contributed by atoms with Crippen molar-refractivity contribution in [3.05, 3.63) is 34.7 Å². The highest BCUT2D eigenvalue weighted by Crippen LogP contribution is 2.26. The molecule has 0 atom stereocenters. The quantitative estimate of drug-likeness (QED) is 0.692. The summed E-state index contributed by atoms with van der Waals surface area (Å²) < 4.78 is 4.24. The highest BCUT2D eigenvalue weighted by molar-refractivity contribution is 9.10. The lowest BCUT2D eigenvalue weighted by molar-refractivity contribution is 0.0939. The number of nitrogens with zero attached hydrogens (tertiary/aromatic N) is 5. The highest BCUT2D eigenvalue weighted by Gasteiger charge is 2.16. The summed E-state index contributed by atoms with van der Waals surface area (Å²) in [4.78, 5) is 16.2. The number of aliphatic hydroxyl groups is 1. The topological polar surface area (TPSA) is 97.3 Å². The van der Waals surface area contributed by atoms with Crippen molar-refractivity contribution in [3.63, 3.8) is 0 Å². The summed E-state index contributed by atoms with van der Waals surface area (Å²) in [5.41, 5.74) is 2.25. The molecule has 3 rings (SSSR count). The van der Waals surface area contributed by atoms with Crippen LogP contribution in [0, 0.1) is 0 Å². The van der Waals surface area contributed by atoms with Gasteiger partial charge in [-0.25, -0.2) is 9.50 Å². The number of hydrogen-bond acceptors (Lipinski definition) is 5. The molecule has 3 aromatic rings. The maximum absolute atomic E-state index is 12.0. The smallest absolute Gasteiger partial charge is 0.271 e. The molecule has 1 amide bonds. The van der Waals surface area contributed by atoms with Gasteiger partial charge in [0.1, 0.15) is 5.69 Å². The van der Waals surface area contributed by atoms with E-state index >= 15 is 0 Å². The summed E-state index contributed by atoms with van der Waals surface area (Å²) in [5.74, 6) is -0.353. The number of aliphatic hydroxyl groups excluding tert-OH is 1. The molecule has 0 radical (unpaired) electrons. The van der Waals surface area contributed by atoms with Crippen LogP contribution in [0.25, 0.3) is 17.0 Å². The number of carbonyl (C=O) groups is 1. The van der Waals surface area contributed by atoms with Crippen molar-refractivity contribution in [1.82, 2.24) is 29.7 Å². The van der Waals surface area contributed by atoms with E-state index in [0.29, 0.717) is 5.65 Å². The summed E-state index contributed by atoms with van der Waals surface area (Å²) in [6.07, 6.45) is 3.54. The van der Waals surface area contributed by atoms with Gasteiger partial charge in [0.2, 0.25) is 0 Å². The third-order valence-electron chi connectivity index (χ3n) is 3.27. The van der Waals surface area contributed by atoms with Crippen LogP contribution in [0.5, 0.6) is 0 Å². The van der Waals surface area contributed by atoms with E-state index in [4.69, 9.17) is 5.11 Å². The van der Waals surface area contributed by atoms with Gasteiger partial charge in [0.15, 0.2) is 11.3 Å². The molecule has 2 N–H and O–H groups in total. The van der Waals surface area contributed by atoms with E-state index in [0.717, 1.165) is 22.4 Å². The molecule has 3 aromatic heterocycles. The molecule has 0 bridgehead atoms. The van der Waals surface area contributed by atoms with Crippen molar-refractivity contribution in [2.75, 3.05) is 13.2 Å². The minimum absolute atomic E-state index is 0.121. The molecule has 23 heavy (non-hydrogen) atoms. The van der Waals surface area contributed by atoms with Gasteiger partial charge in [-0.15, -0.1) is 0 Å². The molecule has 9 heteroatoms. The molecule has 0 saturated carbocycles. The second-order valence-electron chi connectivity index (χ2n) is 4.79. The van der Waals surface area contributed by atoms with Gasteiger partial charge in [-0.3, -0.25) is 9.48 Å². The van der Waals surface area contributed by atoms with Gasteiger partial charge in [0.25, 0.3) is 5.91 Å². The third kappa shape index (κ3) is 2.97.